The number of aromatic amines is 1. The summed E-state index contributed by atoms with van der Waals surface area (Å²) in [5.74, 6) is -0.813. The maximum atomic E-state index is 13.7. The molecule has 0 spiro atoms. The minimum atomic E-state index is -1.01. The molecule has 9 heteroatoms. The van der Waals surface area contributed by atoms with Gasteiger partial charge in [0.1, 0.15) is 28.7 Å². The van der Waals surface area contributed by atoms with Gasteiger partial charge in [-0.1, -0.05) is 32.0 Å². The summed E-state index contributed by atoms with van der Waals surface area (Å²) in [6.07, 6.45) is 0.280. The molecule has 1 atom stereocenters. The fourth-order valence-corrected chi connectivity index (χ4v) is 3.90. The minimum absolute atomic E-state index is 0.119. The van der Waals surface area contributed by atoms with Crippen LogP contribution in [0, 0.1) is 11.7 Å². The number of ether oxygens (including phenoxy) is 2. The number of rotatable bonds is 10. The van der Waals surface area contributed by atoms with Gasteiger partial charge in [-0.3, -0.25) is 14.7 Å². The van der Waals surface area contributed by atoms with Crippen molar-refractivity contribution in [1.82, 2.24) is 15.5 Å². The molecule has 3 N–H and O–H groups in total. The van der Waals surface area contributed by atoms with Gasteiger partial charge in [0, 0.05) is 11.6 Å². The largest absolute Gasteiger partial charge is 0.496 e. The average Bonchev–Trinajstić information content (AvgIpc) is 3.22. The Kier molecular flexibility index (Phi) is 7.88. The van der Waals surface area contributed by atoms with E-state index in [-0.39, 0.29) is 18.0 Å². The van der Waals surface area contributed by atoms with Crippen molar-refractivity contribution in [3.8, 4) is 33.9 Å². The van der Waals surface area contributed by atoms with Crippen LogP contribution in [-0.2, 0) is 4.79 Å². The van der Waals surface area contributed by atoms with Gasteiger partial charge in [-0.2, -0.15) is 5.10 Å². The van der Waals surface area contributed by atoms with E-state index >= 15 is 0 Å². The van der Waals surface area contributed by atoms with Gasteiger partial charge in [0.15, 0.2) is 0 Å². The van der Waals surface area contributed by atoms with Crippen LogP contribution in [0.4, 0.5) is 4.39 Å². The molecule has 0 bridgehead atoms. The first kappa shape index (κ1) is 24.8. The second kappa shape index (κ2) is 10.8. The van der Waals surface area contributed by atoms with Crippen molar-refractivity contribution >= 4 is 11.9 Å². The number of carboxylic acids is 1. The Morgan fingerprint density at radius 3 is 2.21 bits per heavy atom. The summed E-state index contributed by atoms with van der Waals surface area (Å²) in [7, 11) is 3.02. The van der Waals surface area contributed by atoms with Gasteiger partial charge in [0.2, 0.25) is 0 Å². The number of nitrogens with one attached hydrogen (secondary N) is 2. The molecule has 0 fully saturated rings. The highest BCUT2D eigenvalue weighted by Crippen LogP contribution is 2.43. The zero-order chi connectivity index (χ0) is 24.8. The molecule has 34 heavy (non-hydrogen) atoms. The van der Waals surface area contributed by atoms with Crippen LogP contribution in [0.1, 0.15) is 37.2 Å². The highest BCUT2D eigenvalue weighted by Gasteiger charge is 2.27. The molecule has 2 aromatic carbocycles. The number of aliphatic carboxylic acids is 1. The Balaban J connectivity index is 2.15. The van der Waals surface area contributed by atoms with Crippen LogP contribution in [0.15, 0.2) is 42.5 Å². The molecule has 3 rings (SSSR count). The predicted octanol–water partition coefficient (Wildman–Crippen LogP) is 4.52. The molecular formula is C25H28FN3O5. The molecule has 0 aliphatic heterocycles. The minimum Gasteiger partial charge on any atom is -0.496 e. The number of aromatic nitrogens is 2. The number of carboxylic acid groups (broad SMARTS) is 1. The number of carbonyl (C=O) groups excluding carboxylic acids is 1. The number of halogens is 1. The summed E-state index contributed by atoms with van der Waals surface area (Å²) in [5.41, 5.74) is 1.98. The molecule has 180 valence electrons. The number of hydrogen-bond donors (Lipinski definition) is 3. The SMILES string of the molecule is COc1cccc(OC)c1-c1n[nH]c(C(=O)N[C@H](CC(=O)O)CC(C)C)c1-c1ccc(F)cc1. The fourth-order valence-electron chi connectivity index (χ4n) is 3.90. The third-order valence-corrected chi connectivity index (χ3v) is 5.30. The standard InChI is InChI=1S/C25H28FN3O5/c1-14(2)12-17(13-20(30)31)27-25(32)24-21(15-8-10-16(26)11-9-15)23(28-29-24)22-18(33-3)6-5-7-19(22)34-4/h5-11,14,17H,12-13H2,1-4H3,(H,27,32)(H,28,29)(H,30,31)/t17-/m0/s1. The van der Waals surface area contributed by atoms with Gasteiger partial charge in [-0.25, -0.2) is 4.39 Å². The number of nitrogens with zero attached hydrogens (tertiary/aromatic N) is 1. The highest BCUT2D eigenvalue weighted by atomic mass is 19.1. The molecule has 1 aromatic heterocycles. The van der Waals surface area contributed by atoms with Crippen molar-refractivity contribution in [2.24, 2.45) is 5.92 Å². The lowest BCUT2D eigenvalue weighted by atomic mass is 9.96. The monoisotopic (exact) mass is 469 g/mol. The quantitative estimate of drug-likeness (QED) is 0.402. The van der Waals surface area contributed by atoms with Gasteiger partial charge in [0.05, 0.1) is 26.2 Å². The molecule has 8 nitrogen and oxygen atoms in total. The summed E-state index contributed by atoms with van der Waals surface area (Å²) in [4.78, 5) is 24.6. The van der Waals surface area contributed by atoms with E-state index in [1.807, 2.05) is 13.8 Å². The van der Waals surface area contributed by atoms with E-state index in [1.165, 1.54) is 26.4 Å². The van der Waals surface area contributed by atoms with Gasteiger partial charge in [-0.15, -0.1) is 0 Å². The van der Waals surface area contributed by atoms with Crippen molar-refractivity contribution < 1.29 is 28.6 Å². The number of methoxy groups -OCH3 is 2. The third kappa shape index (κ3) is 5.54. The zero-order valence-electron chi connectivity index (χ0n) is 19.5. The summed E-state index contributed by atoms with van der Waals surface area (Å²) < 4.78 is 24.7. The van der Waals surface area contributed by atoms with E-state index < -0.39 is 23.7 Å². The lowest BCUT2D eigenvalue weighted by Gasteiger charge is -2.19. The summed E-state index contributed by atoms with van der Waals surface area (Å²) in [6.45, 7) is 3.90. The van der Waals surface area contributed by atoms with Gasteiger partial charge < -0.3 is 19.9 Å². The number of amides is 1. The van der Waals surface area contributed by atoms with Gasteiger partial charge >= 0.3 is 5.97 Å². The van der Waals surface area contributed by atoms with Crippen LogP contribution in [0.5, 0.6) is 11.5 Å². The maximum absolute atomic E-state index is 13.7. The number of carbonyl (C=O) groups is 2. The lowest BCUT2D eigenvalue weighted by molar-refractivity contribution is -0.137. The Labute approximate surface area is 197 Å². The van der Waals surface area contributed by atoms with Crippen LogP contribution < -0.4 is 14.8 Å². The fraction of sp³-hybridized carbons (Fsp3) is 0.320. The number of H-pyrrole nitrogens is 1. The Morgan fingerprint density at radius 2 is 1.68 bits per heavy atom. The molecule has 3 aromatic rings. The van der Waals surface area contributed by atoms with E-state index in [1.54, 1.807) is 30.3 Å². The average molecular weight is 470 g/mol. The Morgan fingerprint density at radius 1 is 1.06 bits per heavy atom. The van der Waals surface area contributed by atoms with Crippen molar-refractivity contribution in [2.45, 2.75) is 32.7 Å². The van der Waals surface area contributed by atoms with Crippen LogP contribution in [0.2, 0.25) is 0 Å². The third-order valence-electron chi connectivity index (χ3n) is 5.30. The van der Waals surface area contributed by atoms with Crippen LogP contribution >= 0.6 is 0 Å². The predicted molar refractivity (Wildman–Crippen MR) is 125 cm³/mol. The van der Waals surface area contributed by atoms with Crippen LogP contribution in [0.25, 0.3) is 22.4 Å². The van der Waals surface area contributed by atoms with Crippen LogP contribution in [0.3, 0.4) is 0 Å². The molecule has 0 unspecified atom stereocenters. The first-order chi connectivity index (χ1) is 16.2. The number of hydrogen-bond acceptors (Lipinski definition) is 5. The molecule has 0 aliphatic rings. The Bertz CT molecular complexity index is 1140. The van der Waals surface area contributed by atoms with E-state index in [2.05, 4.69) is 15.5 Å². The second-order valence-corrected chi connectivity index (χ2v) is 8.26. The van der Waals surface area contributed by atoms with Crippen LogP contribution in [-0.4, -0.2) is 47.4 Å². The van der Waals surface area contributed by atoms with Crippen molar-refractivity contribution in [3.05, 3.63) is 54.0 Å². The van der Waals surface area contributed by atoms with Crippen molar-refractivity contribution in [3.63, 3.8) is 0 Å². The summed E-state index contributed by atoms with van der Waals surface area (Å²) in [6, 6.07) is 10.4. The zero-order valence-corrected chi connectivity index (χ0v) is 19.5. The van der Waals surface area contributed by atoms with Crippen molar-refractivity contribution in [2.75, 3.05) is 14.2 Å². The van der Waals surface area contributed by atoms with Crippen molar-refractivity contribution in [1.29, 1.82) is 0 Å². The second-order valence-electron chi connectivity index (χ2n) is 8.26. The summed E-state index contributed by atoms with van der Waals surface area (Å²) >= 11 is 0. The van der Waals surface area contributed by atoms with E-state index in [0.29, 0.717) is 40.3 Å². The normalized spacial score (nSPS) is 11.8. The van der Waals surface area contributed by atoms with E-state index in [9.17, 15) is 19.1 Å². The molecule has 0 saturated carbocycles. The Hall–Kier alpha value is -3.88. The first-order valence-corrected chi connectivity index (χ1v) is 10.8. The molecule has 1 heterocycles. The van der Waals surface area contributed by atoms with E-state index in [0.717, 1.165) is 0 Å². The molecule has 0 saturated heterocycles. The van der Waals surface area contributed by atoms with E-state index in [4.69, 9.17) is 9.47 Å². The maximum Gasteiger partial charge on any atom is 0.305 e. The molecule has 1 amide bonds. The first-order valence-electron chi connectivity index (χ1n) is 10.8. The van der Waals surface area contributed by atoms with Gasteiger partial charge in [0.25, 0.3) is 5.91 Å². The smallest absolute Gasteiger partial charge is 0.305 e. The van der Waals surface area contributed by atoms with Gasteiger partial charge in [-0.05, 0) is 42.2 Å². The molecule has 0 aliphatic carbocycles. The summed E-state index contributed by atoms with van der Waals surface area (Å²) in [5, 5.41) is 19.3. The highest BCUT2D eigenvalue weighted by molar-refractivity contribution is 6.03. The molecular weight excluding hydrogens is 441 g/mol. The topological polar surface area (TPSA) is 114 Å². The lowest BCUT2D eigenvalue weighted by Crippen LogP contribution is -2.37. The molecule has 0 radical (unpaired) electrons. The number of benzene rings is 2.